The highest BCUT2D eigenvalue weighted by molar-refractivity contribution is 14.0. The van der Waals surface area contributed by atoms with Crippen molar-refractivity contribution in [2.24, 2.45) is 4.99 Å². The Morgan fingerprint density at radius 2 is 1.79 bits per heavy atom. The van der Waals surface area contributed by atoms with Gasteiger partial charge in [0.25, 0.3) is 0 Å². The number of ether oxygens (including phenoxy) is 1. The maximum Gasteiger partial charge on any atom is 0.191 e. The van der Waals surface area contributed by atoms with Gasteiger partial charge in [-0.1, -0.05) is 30.3 Å². The van der Waals surface area contributed by atoms with Gasteiger partial charge in [-0.3, -0.25) is 4.99 Å². The first kappa shape index (κ1) is 24.2. The van der Waals surface area contributed by atoms with Crippen molar-refractivity contribution in [2.45, 2.75) is 12.5 Å². The molecule has 2 aromatic rings. The van der Waals surface area contributed by atoms with E-state index in [9.17, 15) is 4.39 Å². The topological polar surface area (TPSA) is 48.9 Å². The van der Waals surface area contributed by atoms with Crippen molar-refractivity contribution in [1.82, 2.24) is 15.5 Å². The number of nitrogens with one attached hydrogen (secondary N) is 2. The minimum Gasteiger partial charge on any atom is -0.496 e. The average molecular weight is 500 g/mol. The van der Waals surface area contributed by atoms with Crippen LogP contribution in [0.2, 0.25) is 0 Å². The number of methoxy groups -OCH3 is 1. The molecule has 0 saturated carbocycles. The van der Waals surface area contributed by atoms with Crippen molar-refractivity contribution < 1.29 is 9.13 Å². The van der Waals surface area contributed by atoms with Crippen LogP contribution in [0.15, 0.2) is 53.5 Å². The third-order valence-electron chi connectivity index (χ3n) is 4.44. The fourth-order valence-electron chi connectivity index (χ4n) is 2.92. The number of guanidine groups is 1. The number of nitrogens with zero attached hydrogens (tertiary/aromatic N) is 2. The van der Waals surface area contributed by atoms with E-state index in [-0.39, 0.29) is 35.8 Å². The number of aliphatic imine (C=N–C) groups is 1. The van der Waals surface area contributed by atoms with Crippen molar-refractivity contribution >= 4 is 29.9 Å². The van der Waals surface area contributed by atoms with Crippen molar-refractivity contribution in [3.63, 3.8) is 0 Å². The summed E-state index contributed by atoms with van der Waals surface area (Å²) in [7, 11) is 7.45. The van der Waals surface area contributed by atoms with E-state index in [4.69, 9.17) is 4.74 Å². The van der Waals surface area contributed by atoms with Gasteiger partial charge in [0.05, 0.1) is 13.2 Å². The van der Waals surface area contributed by atoms with E-state index >= 15 is 0 Å². The Labute approximate surface area is 184 Å². The molecule has 0 amide bonds. The van der Waals surface area contributed by atoms with Crippen LogP contribution in [0.5, 0.6) is 5.75 Å². The van der Waals surface area contributed by atoms with Gasteiger partial charge in [0.2, 0.25) is 0 Å². The summed E-state index contributed by atoms with van der Waals surface area (Å²) in [5, 5.41) is 6.68. The number of benzene rings is 2. The molecule has 0 fully saturated rings. The fourth-order valence-corrected chi connectivity index (χ4v) is 2.92. The van der Waals surface area contributed by atoms with E-state index in [2.05, 4.69) is 26.6 Å². The summed E-state index contributed by atoms with van der Waals surface area (Å²) in [6, 6.07) is 14.7. The third kappa shape index (κ3) is 7.27. The first-order valence-electron chi connectivity index (χ1n) is 9.03. The molecule has 7 heteroatoms. The highest BCUT2D eigenvalue weighted by atomic mass is 127. The van der Waals surface area contributed by atoms with Crippen LogP contribution in [0.4, 0.5) is 4.39 Å². The highest BCUT2D eigenvalue weighted by Gasteiger charge is 2.14. The van der Waals surface area contributed by atoms with Gasteiger partial charge in [0.1, 0.15) is 11.6 Å². The van der Waals surface area contributed by atoms with Crippen LogP contribution in [0.1, 0.15) is 17.2 Å². The molecule has 0 spiro atoms. The Morgan fingerprint density at radius 3 is 2.39 bits per heavy atom. The predicted molar refractivity (Wildman–Crippen MR) is 124 cm³/mol. The Hall–Kier alpha value is -1.87. The number of likely N-dealkylation sites (N-methyl/N-ethyl adjacent to an activating group) is 1. The number of rotatable bonds is 8. The normalized spacial score (nSPS) is 12.3. The number of hydrogen-bond donors (Lipinski definition) is 2. The first-order chi connectivity index (χ1) is 13.0. The molecule has 0 aliphatic rings. The second-order valence-corrected chi connectivity index (χ2v) is 6.47. The number of halogens is 2. The van der Waals surface area contributed by atoms with E-state index in [0.717, 1.165) is 35.8 Å². The molecule has 0 bridgehead atoms. The molecule has 0 aliphatic carbocycles. The van der Waals surface area contributed by atoms with Gasteiger partial charge in [-0.25, -0.2) is 4.39 Å². The zero-order valence-corrected chi connectivity index (χ0v) is 19.2. The second-order valence-electron chi connectivity index (χ2n) is 6.47. The van der Waals surface area contributed by atoms with Crippen LogP contribution in [0, 0.1) is 5.82 Å². The van der Waals surface area contributed by atoms with Gasteiger partial charge in [0, 0.05) is 20.1 Å². The van der Waals surface area contributed by atoms with Crippen LogP contribution in [-0.2, 0) is 6.42 Å². The lowest BCUT2D eigenvalue weighted by Gasteiger charge is -2.26. The van der Waals surface area contributed by atoms with E-state index < -0.39 is 0 Å². The molecule has 2 rings (SSSR count). The second kappa shape index (κ2) is 12.6. The van der Waals surface area contributed by atoms with Gasteiger partial charge >= 0.3 is 0 Å². The van der Waals surface area contributed by atoms with Crippen molar-refractivity contribution in [1.29, 1.82) is 0 Å². The van der Waals surface area contributed by atoms with Gasteiger partial charge in [0.15, 0.2) is 5.96 Å². The van der Waals surface area contributed by atoms with E-state index in [1.165, 1.54) is 12.1 Å². The molecular weight excluding hydrogens is 470 g/mol. The van der Waals surface area contributed by atoms with Crippen molar-refractivity contribution in [3.8, 4) is 5.75 Å². The minimum absolute atomic E-state index is 0. The monoisotopic (exact) mass is 500 g/mol. The maximum atomic E-state index is 13.2. The molecule has 0 saturated heterocycles. The van der Waals surface area contributed by atoms with Crippen molar-refractivity contribution in [2.75, 3.05) is 41.3 Å². The SMILES string of the molecule is CN=C(NCCc1ccccc1OC)NCC(c1ccc(F)cc1)N(C)C.I. The molecular formula is C21H30FIN4O. The molecule has 28 heavy (non-hydrogen) atoms. The zero-order valence-electron chi connectivity index (χ0n) is 16.9. The largest absolute Gasteiger partial charge is 0.496 e. The van der Waals surface area contributed by atoms with Crippen molar-refractivity contribution in [3.05, 3.63) is 65.5 Å². The summed E-state index contributed by atoms with van der Waals surface area (Å²) < 4.78 is 18.6. The standard InChI is InChI=1S/C21H29FN4O.HI/c1-23-21(24-14-13-17-7-5-6-8-20(17)27-4)25-15-19(26(2)3)16-9-11-18(22)12-10-16;/h5-12,19H,13-15H2,1-4H3,(H2,23,24,25);1H. The minimum atomic E-state index is -0.224. The maximum absolute atomic E-state index is 13.2. The molecule has 0 aliphatic heterocycles. The van der Waals surface area contributed by atoms with Crippen LogP contribution in [0.3, 0.4) is 0 Å². The van der Waals surface area contributed by atoms with E-state index in [0.29, 0.717) is 6.54 Å². The molecule has 1 atom stereocenters. The fraction of sp³-hybridized carbons (Fsp3) is 0.381. The van der Waals surface area contributed by atoms with Crippen LogP contribution in [0.25, 0.3) is 0 Å². The van der Waals surface area contributed by atoms with Gasteiger partial charge < -0.3 is 20.3 Å². The molecule has 0 heterocycles. The molecule has 2 N–H and O–H groups in total. The van der Waals surface area contributed by atoms with E-state index in [1.54, 1.807) is 14.2 Å². The summed E-state index contributed by atoms with van der Waals surface area (Å²) in [5.74, 6) is 1.41. The first-order valence-corrected chi connectivity index (χ1v) is 9.03. The summed E-state index contributed by atoms with van der Waals surface area (Å²) in [6.07, 6.45) is 0.833. The number of hydrogen-bond acceptors (Lipinski definition) is 3. The quantitative estimate of drug-likeness (QED) is 0.331. The highest BCUT2D eigenvalue weighted by Crippen LogP contribution is 2.18. The summed E-state index contributed by atoms with van der Waals surface area (Å²) in [4.78, 5) is 6.39. The lowest BCUT2D eigenvalue weighted by molar-refractivity contribution is 0.298. The smallest absolute Gasteiger partial charge is 0.191 e. The molecule has 5 nitrogen and oxygen atoms in total. The molecule has 0 aromatic heterocycles. The molecule has 2 aromatic carbocycles. The zero-order chi connectivity index (χ0) is 19.6. The van der Waals surface area contributed by atoms with Gasteiger partial charge in [-0.05, 0) is 49.8 Å². The van der Waals surface area contributed by atoms with Crippen LogP contribution in [-0.4, -0.2) is 52.2 Å². The Balaban J connectivity index is 0.00000392. The molecule has 154 valence electrons. The predicted octanol–water partition coefficient (Wildman–Crippen LogP) is 3.46. The average Bonchev–Trinajstić information content (AvgIpc) is 2.68. The van der Waals surface area contributed by atoms with Crippen LogP contribution >= 0.6 is 24.0 Å². The van der Waals surface area contributed by atoms with E-state index in [1.807, 2.05) is 44.4 Å². The molecule has 1 unspecified atom stereocenters. The lowest BCUT2D eigenvalue weighted by Crippen LogP contribution is -2.42. The Bertz CT molecular complexity index is 737. The van der Waals surface area contributed by atoms with Crippen LogP contribution < -0.4 is 15.4 Å². The summed E-state index contributed by atoms with van der Waals surface area (Å²) in [5.41, 5.74) is 2.21. The number of para-hydroxylation sites is 1. The summed E-state index contributed by atoms with van der Waals surface area (Å²) in [6.45, 7) is 1.40. The third-order valence-corrected chi connectivity index (χ3v) is 4.44. The Kier molecular flexibility index (Phi) is 10.8. The molecule has 0 radical (unpaired) electrons. The lowest BCUT2D eigenvalue weighted by atomic mass is 10.1. The van der Waals surface area contributed by atoms with Gasteiger partial charge in [-0.2, -0.15) is 0 Å². The summed E-state index contributed by atoms with van der Waals surface area (Å²) >= 11 is 0. The van der Waals surface area contributed by atoms with Gasteiger partial charge in [-0.15, -0.1) is 24.0 Å². The Morgan fingerprint density at radius 1 is 1.11 bits per heavy atom.